The predicted octanol–water partition coefficient (Wildman–Crippen LogP) is 5.61. The lowest BCUT2D eigenvalue weighted by Crippen LogP contribution is -2.57. The molecule has 0 radical (unpaired) electrons. The molecule has 1 saturated heterocycles. The summed E-state index contributed by atoms with van der Waals surface area (Å²) < 4.78 is 12.9. The van der Waals surface area contributed by atoms with E-state index in [4.69, 9.17) is 9.47 Å². The van der Waals surface area contributed by atoms with Gasteiger partial charge in [0, 0.05) is 29.1 Å². The summed E-state index contributed by atoms with van der Waals surface area (Å²) in [7, 11) is 0. The average molecular weight is 554 g/mol. The minimum atomic E-state index is -0.915. The third kappa shape index (κ3) is 6.20. The summed E-state index contributed by atoms with van der Waals surface area (Å²) in [4.78, 5) is 2.75. The molecule has 1 saturated carbocycles. The summed E-state index contributed by atoms with van der Waals surface area (Å²) in [5.41, 5.74) is 4.51. The first kappa shape index (κ1) is 28.9. The Labute approximate surface area is 239 Å². The van der Waals surface area contributed by atoms with Crippen LogP contribution in [0.2, 0.25) is 0 Å². The lowest BCUT2D eigenvalue weighted by atomic mass is 9.60. The van der Waals surface area contributed by atoms with Crippen LogP contribution in [-0.4, -0.2) is 66.1 Å². The van der Waals surface area contributed by atoms with Crippen molar-refractivity contribution >= 4 is 11.8 Å². The van der Waals surface area contributed by atoms with Crippen LogP contribution in [0.15, 0.2) is 42.5 Å². The molecule has 2 fully saturated rings. The van der Waals surface area contributed by atoms with Crippen molar-refractivity contribution in [1.29, 1.82) is 0 Å². The van der Waals surface area contributed by atoms with Gasteiger partial charge in [0.15, 0.2) is 0 Å². The normalized spacial score (nSPS) is 26.4. The molecule has 2 aliphatic heterocycles. The highest BCUT2D eigenvalue weighted by molar-refractivity contribution is 7.98. The Kier molecular flexibility index (Phi) is 9.61. The standard InChI is InChI=1S/C33H47NO4S/c1-4-27-12-13-28(30(36)18-35)32-31(27)33(22-38-32)14-15-34(17-24-10-11-24)23(2)29(33)16-26(21-39-3)20-37-19-25-8-6-5-7-9-25/h5-9,12-13,23-24,26,29-30,35-36H,4,10-11,14-22H2,1-3H3/t23?,26-,29?,30?,33?/m1/s1. The maximum absolute atomic E-state index is 10.7. The van der Waals surface area contributed by atoms with Crippen molar-refractivity contribution in [3.8, 4) is 5.75 Å². The first-order valence-electron chi connectivity index (χ1n) is 14.9. The van der Waals surface area contributed by atoms with E-state index in [-0.39, 0.29) is 12.0 Å². The van der Waals surface area contributed by atoms with Gasteiger partial charge in [-0.1, -0.05) is 49.4 Å². The fraction of sp³-hybridized carbons (Fsp3) is 0.636. The number of nitrogens with zero attached hydrogens (tertiary/aromatic N) is 1. The van der Waals surface area contributed by atoms with E-state index in [0.717, 1.165) is 55.4 Å². The molecule has 1 aliphatic carbocycles. The van der Waals surface area contributed by atoms with E-state index in [1.165, 1.54) is 36.1 Å². The highest BCUT2D eigenvalue weighted by Gasteiger charge is 2.54. The number of ether oxygens (including phenoxy) is 2. The molecule has 3 aliphatic rings. The molecule has 5 rings (SSSR count). The summed E-state index contributed by atoms with van der Waals surface area (Å²) in [5.74, 6) is 3.66. The van der Waals surface area contributed by atoms with Gasteiger partial charge in [0.2, 0.25) is 0 Å². The van der Waals surface area contributed by atoms with E-state index in [1.54, 1.807) is 0 Å². The molecule has 39 heavy (non-hydrogen) atoms. The summed E-state index contributed by atoms with van der Waals surface area (Å²) in [6, 6.07) is 15.0. The van der Waals surface area contributed by atoms with Crippen molar-refractivity contribution in [2.75, 3.05) is 44.9 Å². The van der Waals surface area contributed by atoms with Crippen LogP contribution in [0.25, 0.3) is 0 Å². The number of thioether (sulfide) groups is 1. The molecular formula is C33H47NO4S. The Hall–Kier alpha value is -1.57. The van der Waals surface area contributed by atoms with Crippen LogP contribution in [-0.2, 0) is 23.2 Å². The van der Waals surface area contributed by atoms with Crippen molar-refractivity contribution in [3.05, 3.63) is 64.7 Å². The molecule has 6 heteroatoms. The molecule has 2 heterocycles. The maximum atomic E-state index is 10.7. The van der Waals surface area contributed by atoms with Crippen LogP contribution in [0, 0.1) is 17.8 Å². The summed E-state index contributed by atoms with van der Waals surface area (Å²) in [5, 5.41) is 20.4. The summed E-state index contributed by atoms with van der Waals surface area (Å²) >= 11 is 1.92. The van der Waals surface area contributed by atoms with E-state index < -0.39 is 6.10 Å². The van der Waals surface area contributed by atoms with E-state index in [9.17, 15) is 10.2 Å². The topological polar surface area (TPSA) is 62.2 Å². The number of piperidine rings is 1. The SMILES string of the molecule is CCc1ccc(C(O)CO)c2c1C1(CCN(CC3CC3)C(C)C1C[C@H](COCc1ccccc1)CSC)CO2. The first-order chi connectivity index (χ1) is 19.0. The van der Waals surface area contributed by atoms with Gasteiger partial charge in [0.25, 0.3) is 0 Å². The van der Waals surface area contributed by atoms with Crippen molar-refractivity contribution in [2.24, 2.45) is 17.8 Å². The van der Waals surface area contributed by atoms with Gasteiger partial charge in [0.05, 0.1) is 26.4 Å². The van der Waals surface area contributed by atoms with E-state index in [2.05, 4.69) is 55.3 Å². The molecule has 0 bridgehead atoms. The number of likely N-dealkylation sites (tertiary alicyclic amines) is 1. The first-order valence-corrected chi connectivity index (χ1v) is 16.3. The Balaban J connectivity index is 1.45. The molecule has 2 N–H and O–H groups in total. The number of rotatable bonds is 13. The second-order valence-electron chi connectivity index (χ2n) is 12.1. The minimum Gasteiger partial charge on any atom is -0.492 e. The molecule has 0 amide bonds. The second kappa shape index (κ2) is 12.9. The largest absolute Gasteiger partial charge is 0.492 e. The molecule has 5 nitrogen and oxygen atoms in total. The quantitative estimate of drug-likeness (QED) is 0.336. The Bertz CT molecular complexity index is 1080. The number of hydrogen-bond acceptors (Lipinski definition) is 6. The van der Waals surface area contributed by atoms with Gasteiger partial charge in [-0.3, -0.25) is 0 Å². The fourth-order valence-corrected chi connectivity index (χ4v) is 7.92. The van der Waals surface area contributed by atoms with Crippen molar-refractivity contribution in [3.63, 3.8) is 0 Å². The number of aryl methyl sites for hydroxylation is 1. The zero-order chi connectivity index (χ0) is 27.4. The lowest BCUT2D eigenvalue weighted by Gasteiger charge is -2.51. The monoisotopic (exact) mass is 553 g/mol. The maximum Gasteiger partial charge on any atom is 0.129 e. The van der Waals surface area contributed by atoms with E-state index in [1.807, 2.05) is 23.9 Å². The van der Waals surface area contributed by atoms with Crippen LogP contribution < -0.4 is 4.74 Å². The number of aliphatic hydroxyl groups is 2. The Morgan fingerprint density at radius 3 is 2.67 bits per heavy atom. The van der Waals surface area contributed by atoms with Crippen molar-refractivity contribution in [1.82, 2.24) is 4.90 Å². The average Bonchev–Trinajstić information content (AvgIpc) is 3.71. The van der Waals surface area contributed by atoms with Gasteiger partial charge in [-0.05, 0) is 86.5 Å². The Morgan fingerprint density at radius 1 is 1.18 bits per heavy atom. The van der Waals surface area contributed by atoms with Gasteiger partial charge in [0.1, 0.15) is 11.9 Å². The number of hydrogen-bond donors (Lipinski definition) is 2. The molecular weight excluding hydrogens is 506 g/mol. The summed E-state index contributed by atoms with van der Waals surface area (Å²) in [6.45, 7) is 8.75. The third-order valence-corrected chi connectivity index (χ3v) is 10.3. The van der Waals surface area contributed by atoms with Crippen molar-refractivity contribution in [2.45, 2.75) is 70.1 Å². The zero-order valence-electron chi connectivity index (χ0n) is 24.0. The van der Waals surface area contributed by atoms with Crippen molar-refractivity contribution < 1.29 is 19.7 Å². The number of benzene rings is 2. The minimum absolute atomic E-state index is 0.0819. The highest BCUT2D eigenvalue weighted by Crippen LogP contribution is 2.55. The van der Waals surface area contributed by atoms with Crippen LogP contribution >= 0.6 is 11.8 Å². The molecule has 1 spiro atoms. The second-order valence-corrected chi connectivity index (χ2v) is 13.0. The molecule has 2 aromatic carbocycles. The Morgan fingerprint density at radius 2 is 1.97 bits per heavy atom. The van der Waals surface area contributed by atoms with Crippen LogP contribution in [0.1, 0.15) is 67.9 Å². The van der Waals surface area contributed by atoms with Gasteiger partial charge < -0.3 is 24.6 Å². The van der Waals surface area contributed by atoms with Crippen LogP contribution in [0.3, 0.4) is 0 Å². The van der Waals surface area contributed by atoms with Gasteiger partial charge >= 0.3 is 0 Å². The van der Waals surface area contributed by atoms with E-state index in [0.29, 0.717) is 31.1 Å². The molecule has 5 atom stereocenters. The predicted molar refractivity (Wildman–Crippen MR) is 159 cm³/mol. The summed E-state index contributed by atoms with van der Waals surface area (Å²) in [6.07, 6.45) is 7.13. The lowest BCUT2D eigenvalue weighted by molar-refractivity contribution is -0.000698. The molecule has 214 valence electrons. The van der Waals surface area contributed by atoms with Crippen LogP contribution in [0.5, 0.6) is 5.75 Å². The van der Waals surface area contributed by atoms with Crippen LogP contribution in [0.4, 0.5) is 0 Å². The molecule has 4 unspecified atom stereocenters. The number of aliphatic hydroxyl groups excluding tert-OH is 2. The van der Waals surface area contributed by atoms with Gasteiger partial charge in [-0.2, -0.15) is 11.8 Å². The smallest absolute Gasteiger partial charge is 0.129 e. The third-order valence-electron chi connectivity index (χ3n) is 9.52. The van der Waals surface area contributed by atoms with Gasteiger partial charge in [-0.15, -0.1) is 0 Å². The highest BCUT2D eigenvalue weighted by atomic mass is 32.2. The number of fused-ring (bicyclic) bond motifs is 2. The molecule has 2 aromatic rings. The van der Waals surface area contributed by atoms with E-state index >= 15 is 0 Å². The fourth-order valence-electron chi connectivity index (χ4n) is 7.22. The zero-order valence-corrected chi connectivity index (χ0v) is 24.8. The van der Waals surface area contributed by atoms with Gasteiger partial charge in [-0.25, -0.2) is 0 Å². The molecule has 0 aromatic heterocycles.